The summed E-state index contributed by atoms with van der Waals surface area (Å²) in [5, 5.41) is 3.85. The number of rotatable bonds is 5. The minimum absolute atomic E-state index is 0.845. The van der Waals surface area contributed by atoms with Crippen molar-refractivity contribution in [2.45, 2.75) is 70.3 Å². The summed E-state index contributed by atoms with van der Waals surface area (Å²) >= 11 is 0. The van der Waals surface area contributed by atoms with Crippen molar-refractivity contribution in [2.75, 3.05) is 26.2 Å². The summed E-state index contributed by atoms with van der Waals surface area (Å²) in [6, 6.07) is 0.845. The molecule has 3 rings (SSSR count). The van der Waals surface area contributed by atoms with E-state index in [0.29, 0.717) is 0 Å². The van der Waals surface area contributed by atoms with Gasteiger partial charge >= 0.3 is 0 Å². The molecule has 0 radical (unpaired) electrons. The number of hydrogen-bond acceptors (Lipinski definition) is 2. The second-order valence-electron chi connectivity index (χ2n) is 7.17. The number of nitrogens with zero attached hydrogens (tertiary/aromatic N) is 1. The Morgan fingerprint density at radius 3 is 2.47 bits per heavy atom. The van der Waals surface area contributed by atoms with Crippen molar-refractivity contribution in [1.82, 2.24) is 10.2 Å². The highest BCUT2D eigenvalue weighted by atomic mass is 15.1. The topological polar surface area (TPSA) is 15.3 Å². The molecule has 2 nitrogen and oxygen atoms in total. The Hall–Kier alpha value is -0.0800. The Labute approximate surface area is 119 Å². The molecular weight excluding hydrogens is 232 g/mol. The normalized spacial score (nSPS) is 36.3. The maximum atomic E-state index is 3.85. The van der Waals surface area contributed by atoms with E-state index in [1.807, 2.05) is 0 Å². The van der Waals surface area contributed by atoms with E-state index in [0.717, 1.165) is 17.9 Å². The first-order chi connectivity index (χ1) is 9.42. The lowest BCUT2D eigenvalue weighted by molar-refractivity contribution is 0.143. The van der Waals surface area contributed by atoms with Gasteiger partial charge in [-0.25, -0.2) is 0 Å². The van der Waals surface area contributed by atoms with Crippen LogP contribution in [0.5, 0.6) is 0 Å². The van der Waals surface area contributed by atoms with E-state index >= 15 is 0 Å². The van der Waals surface area contributed by atoms with E-state index in [9.17, 15) is 0 Å². The van der Waals surface area contributed by atoms with Crippen molar-refractivity contribution in [2.24, 2.45) is 11.8 Å². The van der Waals surface area contributed by atoms with Gasteiger partial charge in [0.05, 0.1) is 0 Å². The van der Waals surface area contributed by atoms with Crippen LogP contribution in [0.25, 0.3) is 0 Å². The first-order valence-electron chi connectivity index (χ1n) is 8.87. The van der Waals surface area contributed by atoms with Gasteiger partial charge < -0.3 is 10.2 Å². The van der Waals surface area contributed by atoms with Crippen LogP contribution >= 0.6 is 0 Å². The van der Waals surface area contributed by atoms with Gasteiger partial charge in [-0.15, -0.1) is 0 Å². The zero-order valence-corrected chi connectivity index (χ0v) is 12.6. The Morgan fingerprint density at radius 2 is 1.63 bits per heavy atom. The van der Waals surface area contributed by atoms with Gasteiger partial charge in [0.15, 0.2) is 0 Å². The van der Waals surface area contributed by atoms with Crippen molar-refractivity contribution in [3.8, 4) is 0 Å². The number of hydrogen-bond donors (Lipinski definition) is 1. The van der Waals surface area contributed by atoms with E-state index in [4.69, 9.17) is 0 Å². The molecule has 3 atom stereocenters. The lowest BCUT2D eigenvalue weighted by Crippen LogP contribution is -2.39. The zero-order valence-electron chi connectivity index (χ0n) is 12.6. The van der Waals surface area contributed by atoms with E-state index < -0.39 is 0 Å². The molecule has 3 fully saturated rings. The molecule has 2 saturated carbocycles. The van der Waals surface area contributed by atoms with Crippen LogP contribution in [0.1, 0.15) is 64.2 Å². The Balaban J connectivity index is 1.30. The molecular formula is C17H32N2. The molecule has 0 amide bonds. The predicted molar refractivity (Wildman–Crippen MR) is 81.4 cm³/mol. The van der Waals surface area contributed by atoms with Crippen LogP contribution < -0.4 is 5.32 Å². The van der Waals surface area contributed by atoms with Gasteiger partial charge in [-0.1, -0.05) is 25.7 Å². The van der Waals surface area contributed by atoms with Crippen LogP contribution in [0.4, 0.5) is 0 Å². The molecule has 0 spiro atoms. The lowest BCUT2D eigenvalue weighted by Gasteiger charge is -2.39. The van der Waals surface area contributed by atoms with Crippen LogP contribution in [0.15, 0.2) is 0 Å². The number of likely N-dealkylation sites (tertiary alicyclic amines) is 1. The maximum absolute atomic E-state index is 3.85. The zero-order chi connectivity index (χ0) is 12.9. The minimum Gasteiger partial charge on any atom is -0.314 e. The van der Waals surface area contributed by atoms with Crippen molar-refractivity contribution in [1.29, 1.82) is 0 Å². The quantitative estimate of drug-likeness (QED) is 0.765. The molecule has 1 saturated heterocycles. The van der Waals surface area contributed by atoms with Crippen LogP contribution in [-0.4, -0.2) is 37.1 Å². The van der Waals surface area contributed by atoms with Crippen molar-refractivity contribution >= 4 is 0 Å². The van der Waals surface area contributed by atoms with Gasteiger partial charge in [-0.3, -0.25) is 0 Å². The lowest BCUT2D eigenvalue weighted by atomic mass is 9.69. The standard InChI is InChI=1S/C17H32N2/c1-2-7-16-14-17(9-8-15(16)6-1)18-10-5-13-19-11-3-4-12-19/h15-18H,1-14H2. The fourth-order valence-electron chi connectivity index (χ4n) is 4.67. The predicted octanol–water partition coefficient (Wildman–Crippen LogP) is 3.42. The van der Waals surface area contributed by atoms with Crippen LogP contribution in [0, 0.1) is 11.8 Å². The first-order valence-corrected chi connectivity index (χ1v) is 8.87. The molecule has 3 unspecified atom stereocenters. The monoisotopic (exact) mass is 264 g/mol. The summed E-state index contributed by atoms with van der Waals surface area (Å²) in [6.07, 6.45) is 14.7. The molecule has 19 heavy (non-hydrogen) atoms. The average Bonchev–Trinajstić information content (AvgIpc) is 2.97. The molecule has 0 aromatic heterocycles. The molecule has 0 bridgehead atoms. The van der Waals surface area contributed by atoms with Crippen LogP contribution in [0.2, 0.25) is 0 Å². The van der Waals surface area contributed by atoms with Gasteiger partial charge in [-0.05, 0) is 76.5 Å². The summed E-state index contributed by atoms with van der Waals surface area (Å²) in [6.45, 7) is 5.28. The average molecular weight is 264 g/mol. The van der Waals surface area contributed by atoms with Gasteiger partial charge in [0.1, 0.15) is 0 Å². The van der Waals surface area contributed by atoms with Crippen LogP contribution in [0.3, 0.4) is 0 Å². The van der Waals surface area contributed by atoms with Gasteiger partial charge in [0.2, 0.25) is 0 Å². The van der Waals surface area contributed by atoms with Gasteiger partial charge in [0.25, 0.3) is 0 Å². The summed E-state index contributed by atoms with van der Waals surface area (Å²) < 4.78 is 0. The fourth-order valence-corrected chi connectivity index (χ4v) is 4.67. The number of fused-ring (bicyclic) bond motifs is 1. The largest absolute Gasteiger partial charge is 0.314 e. The summed E-state index contributed by atoms with van der Waals surface area (Å²) in [5.41, 5.74) is 0. The molecule has 3 aliphatic rings. The molecule has 1 aliphatic heterocycles. The molecule has 1 N–H and O–H groups in total. The second kappa shape index (κ2) is 7.08. The molecule has 1 heterocycles. The second-order valence-corrected chi connectivity index (χ2v) is 7.17. The van der Waals surface area contributed by atoms with E-state index in [1.54, 1.807) is 0 Å². The van der Waals surface area contributed by atoms with E-state index in [2.05, 4.69) is 10.2 Å². The van der Waals surface area contributed by atoms with Crippen LogP contribution in [-0.2, 0) is 0 Å². The van der Waals surface area contributed by atoms with Gasteiger partial charge in [-0.2, -0.15) is 0 Å². The molecule has 110 valence electrons. The van der Waals surface area contributed by atoms with Crippen molar-refractivity contribution in [3.63, 3.8) is 0 Å². The third-order valence-corrected chi connectivity index (χ3v) is 5.82. The molecule has 0 aromatic carbocycles. The highest BCUT2D eigenvalue weighted by Crippen LogP contribution is 2.40. The molecule has 2 heteroatoms. The third kappa shape index (κ3) is 3.95. The maximum Gasteiger partial charge on any atom is 0.00699 e. The van der Waals surface area contributed by atoms with Crippen molar-refractivity contribution in [3.05, 3.63) is 0 Å². The minimum atomic E-state index is 0.845. The number of nitrogens with one attached hydrogen (secondary N) is 1. The Morgan fingerprint density at radius 1 is 0.842 bits per heavy atom. The fraction of sp³-hybridized carbons (Fsp3) is 1.00. The summed E-state index contributed by atoms with van der Waals surface area (Å²) in [5.74, 6) is 2.16. The Kier molecular flexibility index (Phi) is 5.17. The highest BCUT2D eigenvalue weighted by Gasteiger charge is 2.31. The SMILES string of the molecule is C1CCC2CC(NCCCN3CCCC3)CCC2C1. The van der Waals surface area contributed by atoms with E-state index in [-0.39, 0.29) is 0 Å². The third-order valence-electron chi connectivity index (χ3n) is 5.82. The van der Waals surface area contributed by atoms with Gasteiger partial charge in [0, 0.05) is 6.04 Å². The summed E-state index contributed by atoms with van der Waals surface area (Å²) in [7, 11) is 0. The molecule has 2 aliphatic carbocycles. The Bertz CT molecular complexity index is 260. The summed E-state index contributed by atoms with van der Waals surface area (Å²) in [4.78, 5) is 2.64. The first kappa shape index (κ1) is 13.9. The molecule has 0 aromatic rings. The smallest absolute Gasteiger partial charge is 0.00699 e. The van der Waals surface area contributed by atoms with Crippen molar-refractivity contribution < 1.29 is 0 Å². The van der Waals surface area contributed by atoms with E-state index in [1.165, 1.54) is 90.4 Å². The highest BCUT2D eigenvalue weighted by molar-refractivity contribution is 4.86.